The van der Waals surface area contributed by atoms with E-state index in [1.54, 1.807) is 7.11 Å². The van der Waals surface area contributed by atoms with Crippen molar-refractivity contribution in [3.05, 3.63) is 11.6 Å². The molecule has 0 aliphatic heterocycles. The summed E-state index contributed by atoms with van der Waals surface area (Å²) in [5, 5.41) is 0. The van der Waals surface area contributed by atoms with Crippen molar-refractivity contribution in [3.8, 4) is 0 Å². The number of allylic oxidation sites excluding steroid dienone is 1. The number of methoxy groups -OCH3 is 1. The first-order chi connectivity index (χ1) is 5.15. The smallest absolute Gasteiger partial charge is 0.158 e. The number of carbonyl (C=O) groups excluding carboxylic acids is 1. The number of ether oxygens (including phenoxy) is 1. The van der Waals surface area contributed by atoms with Crippen LogP contribution in [-0.2, 0) is 9.53 Å². The summed E-state index contributed by atoms with van der Waals surface area (Å²) in [6.07, 6.45) is 2.67. The lowest BCUT2D eigenvalue weighted by atomic mass is 9.88. The third-order valence-corrected chi connectivity index (χ3v) is 2.19. The molecule has 0 saturated heterocycles. The Kier molecular flexibility index (Phi) is 2.45. The van der Waals surface area contributed by atoms with Gasteiger partial charge in [0.2, 0.25) is 0 Å². The molecule has 1 aliphatic rings. The van der Waals surface area contributed by atoms with Crippen LogP contribution >= 0.6 is 0 Å². The fraction of sp³-hybridized carbons (Fsp3) is 0.667. The van der Waals surface area contributed by atoms with Crippen LogP contribution in [0.5, 0.6) is 0 Å². The van der Waals surface area contributed by atoms with Gasteiger partial charge in [-0.15, -0.1) is 0 Å². The Bertz CT molecular complexity index is 194. The van der Waals surface area contributed by atoms with Crippen LogP contribution in [0.3, 0.4) is 0 Å². The average Bonchev–Trinajstić information content (AvgIpc) is 1.97. The maximum atomic E-state index is 11.1. The zero-order valence-electron chi connectivity index (χ0n) is 7.26. The van der Waals surface area contributed by atoms with E-state index in [9.17, 15) is 4.79 Å². The summed E-state index contributed by atoms with van der Waals surface area (Å²) >= 11 is 0. The molecule has 0 saturated carbocycles. The summed E-state index contributed by atoms with van der Waals surface area (Å²) in [5.41, 5.74) is 0.843. The Morgan fingerprint density at radius 3 is 2.82 bits per heavy atom. The highest BCUT2D eigenvalue weighted by atomic mass is 16.5. The fourth-order valence-corrected chi connectivity index (χ4v) is 1.37. The molecule has 2 nitrogen and oxygen atoms in total. The molecule has 0 aromatic carbocycles. The van der Waals surface area contributed by atoms with Gasteiger partial charge in [0.25, 0.3) is 0 Å². The lowest BCUT2D eigenvalue weighted by Crippen LogP contribution is -2.26. The number of hydrogen-bond acceptors (Lipinski definition) is 2. The van der Waals surface area contributed by atoms with Crippen LogP contribution in [0.2, 0.25) is 0 Å². The summed E-state index contributed by atoms with van der Waals surface area (Å²) < 4.78 is 5.19. The Labute approximate surface area is 67.2 Å². The Balaban J connectivity index is 2.77. The Hall–Kier alpha value is -0.630. The molecule has 1 aliphatic carbocycles. The van der Waals surface area contributed by atoms with Crippen LogP contribution < -0.4 is 0 Å². The van der Waals surface area contributed by atoms with Crippen LogP contribution in [0.4, 0.5) is 0 Å². The average molecular weight is 154 g/mol. The minimum Gasteiger partial charge on any atom is -0.377 e. The minimum absolute atomic E-state index is 0.132. The van der Waals surface area contributed by atoms with Crippen LogP contribution in [0.1, 0.15) is 20.3 Å². The topological polar surface area (TPSA) is 26.3 Å². The van der Waals surface area contributed by atoms with E-state index >= 15 is 0 Å². The highest BCUT2D eigenvalue weighted by molar-refractivity contribution is 5.95. The molecule has 62 valence electrons. The summed E-state index contributed by atoms with van der Waals surface area (Å²) in [6, 6.07) is 0. The molecule has 0 aromatic rings. The highest BCUT2D eigenvalue weighted by Gasteiger charge is 2.24. The molecule has 0 N–H and O–H groups in total. The molecule has 0 spiro atoms. The molecule has 0 heterocycles. The van der Waals surface area contributed by atoms with Gasteiger partial charge >= 0.3 is 0 Å². The monoisotopic (exact) mass is 154 g/mol. The predicted molar refractivity (Wildman–Crippen MR) is 43.3 cm³/mol. The second-order valence-electron chi connectivity index (χ2n) is 3.15. The molecular formula is C9H14O2. The highest BCUT2D eigenvalue weighted by Crippen LogP contribution is 2.22. The van der Waals surface area contributed by atoms with Crippen LogP contribution in [0.15, 0.2) is 11.6 Å². The molecule has 2 heteroatoms. The molecule has 2 atom stereocenters. The molecule has 0 radical (unpaired) electrons. The van der Waals surface area contributed by atoms with Gasteiger partial charge in [0.15, 0.2) is 5.78 Å². The van der Waals surface area contributed by atoms with Gasteiger partial charge in [0, 0.05) is 13.5 Å². The lowest BCUT2D eigenvalue weighted by molar-refractivity contribution is -0.118. The Morgan fingerprint density at radius 1 is 1.64 bits per heavy atom. The standard InChI is InChI=1S/C9H14O2/c1-6-5-9(11-3)7(2)4-8(6)10/h5,7,9H,4H2,1-3H3. The Morgan fingerprint density at radius 2 is 2.27 bits per heavy atom. The van der Waals surface area contributed by atoms with Gasteiger partial charge in [-0.2, -0.15) is 0 Å². The van der Waals surface area contributed by atoms with E-state index in [0.717, 1.165) is 5.57 Å². The van der Waals surface area contributed by atoms with E-state index in [0.29, 0.717) is 12.3 Å². The van der Waals surface area contributed by atoms with Crippen molar-refractivity contribution in [2.45, 2.75) is 26.4 Å². The van der Waals surface area contributed by atoms with Crippen molar-refractivity contribution in [2.24, 2.45) is 5.92 Å². The fourth-order valence-electron chi connectivity index (χ4n) is 1.37. The number of rotatable bonds is 1. The zero-order chi connectivity index (χ0) is 8.43. The first-order valence-electron chi connectivity index (χ1n) is 3.89. The first kappa shape index (κ1) is 8.47. The normalized spacial score (nSPS) is 31.9. The van der Waals surface area contributed by atoms with Gasteiger partial charge < -0.3 is 4.74 Å². The molecule has 0 amide bonds. The summed E-state index contributed by atoms with van der Waals surface area (Å²) in [4.78, 5) is 11.1. The van der Waals surface area contributed by atoms with Crippen molar-refractivity contribution in [2.75, 3.05) is 7.11 Å². The van der Waals surface area contributed by atoms with E-state index in [4.69, 9.17) is 4.74 Å². The van der Waals surface area contributed by atoms with Gasteiger partial charge in [-0.1, -0.05) is 6.92 Å². The van der Waals surface area contributed by atoms with Crippen molar-refractivity contribution in [1.29, 1.82) is 0 Å². The number of Topliss-reactive ketones (excluding diaryl/α,β-unsaturated/α-hetero) is 1. The number of ketones is 1. The molecular weight excluding hydrogens is 140 g/mol. The van der Waals surface area contributed by atoms with E-state index < -0.39 is 0 Å². The SMILES string of the molecule is COC1C=C(C)C(=O)CC1C. The second kappa shape index (κ2) is 3.18. The summed E-state index contributed by atoms with van der Waals surface area (Å²) in [6.45, 7) is 3.88. The molecule has 11 heavy (non-hydrogen) atoms. The van der Waals surface area contributed by atoms with Crippen LogP contribution in [0.25, 0.3) is 0 Å². The molecule has 0 fully saturated rings. The van der Waals surface area contributed by atoms with Gasteiger partial charge in [0.05, 0.1) is 6.10 Å². The van der Waals surface area contributed by atoms with Gasteiger partial charge in [0.1, 0.15) is 0 Å². The van der Waals surface area contributed by atoms with Crippen molar-refractivity contribution >= 4 is 5.78 Å². The molecule has 0 bridgehead atoms. The lowest BCUT2D eigenvalue weighted by Gasteiger charge is -2.23. The van der Waals surface area contributed by atoms with Crippen molar-refractivity contribution in [3.63, 3.8) is 0 Å². The summed E-state index contributed by atoms with van der Waals surface area (Å²) in [5.74, 6) is 0.585. The van der Waals surface area contributed by atoms with Gasteiger partial charge in [-0.3, -0.25) is 4.79 Å². The maximum Gasteiger partial charge on any atom is 0.158 e. The molecule has 2 unspecified atom stereocenters. The molecule has 0 aromatic heterocycles. The van der Waals surface area contributed by atoms with Gasteiger partial charge in [-0.25, -0.2) is 0 Å². The van der Waals surface area contributed by atoms with E-state index in [2.05, 4.69) is 0 Å². The van der Waals surface area contributed by atoms with E-state index in [-0.39, 0.29) is 11.9 Å². The minimum atomic E-state index is 0.132. The number of carbonyl (C=O) groups is 1. The van der Waals surface area contributed by atoms with Crippen LogP contribution in [0, 0.1) is 5.92 Å². The van der Waals surface area contributed by atoms with Crippen LogP contribution in [-0.4, -0.2) is 19.0 Å². The van der Waals surface area contributed by atoms with E-state index in [1.807, 2.05) is 19.9 Å². The van der Waals surface area contributed by atoms with Crippen molar-refractivity contribution < 1.29 is 9.53 Å². The first-order valence-corrected chi connectivity index (χ1v) is 3.89. The third-order valence-electron chi connectivity index (χ3n) is 2.19. The second-order valence-corrected chi connectivity index (χ2v) is 3.15. The maximum absolute atomic E-state index is 11.1. The van der Waals surface area contributed by atoms with Crippen molar-refractivity contribution in [1.82, 2.24) is 0 Å². The largest absolute Gasteiger partial charge is 0.377 e. The quantitative estimate of drug-likeness (QED) is 0.573. The van der Waals surface area contributed by atoms with Gasteiger partial charge in [-0.05, 0) is 24.5 Å². The zero-order valence-corrected chi connectivity index (χ0v) is 7.26. The molecule has 1 rings (SSSR count). The number of hydrogen-bond donors (Lipinski definition) is 0. The predicted octanol–water partition coefficient (Wildman–Crippen LogP) is 1.56. The third kappa shape index (κ3) is 1.69. The summed E-state index contributed by atoms with van der Waals surface area (Å²) in [7, 11) is 1.68. The van der Waals surface area contributed by atoms with E-state index in [1.165, 1.54) is 0 Å².